The zero-order chi connectivity index (χ0) is 10.4. The van der Waals surface area contributed by atoms with Crippen LogP contribution in [0.15, 0.2) is 0 Å². The molecule has 1 saturated carbocycles. The Morgan fingerprint density at radius 3 is 2.64 bits per heavy atom. The van der Waals surface area contributed by atoms with E-state index in [1.54, 1.807) is 0 Å². The minimum absolute atomic E-state index is 0.138. The summed E-state index contributed by atoms with van der Waals surface area (Å²) in [6, 6.07) is 0. The van der Waals surface area contributed by atoms with Crippen molar-refractivity contribution in [1.82, 2.24) is 5.32 Å². The second-order valence-corrected chi connectivity index (χ2v) is 3.63. The van der Waals surface area contributed by atoms with Gasteiger partial charge in [-0.05, 0) is 12.8 Å². The third-order valence-electron chi connectivity index (χ3n) is 2.68. The topological polar surface area (TPSA) is 42.7 Å². The van der Waals surface area contributed by atoms with E-state index < -0.39 is 5.66 Å². The van der Waals surface area contributed by atoms with Gasteiger partial charge < -0.3 is 4.74 Å². The number of carbonyl (C=O) groups is 1. The number of carbonyl (C=O) groups excluding carboxylic acids is 1. The maximum atomic E-state index is 10.9. The van der Waals surface area contributed by atoms with Gasteiger partial charge in [-0.1, -0.05) is 6.42 Å². The maximum Gasteiger partial charge on any atom is 0.319 e. The van der Waals surface area contributed by atoms with Crippen molar-refractivity contribution >= 4 is 5.97 Å². The van der Waals surface area contributed by atoms with Gasteiger partial charge in [-0.15, -0.1) is 0 Å². The molecule has 0 bridgehead atoms. The lowest BCUT2D eigenvalue weighted by Gasteiger charge is -2.26. The van der Waals surface area contributed by atoms with Gasteiger partial charge in [0.15, 0.2) is 0 Å². The summed E-state index contributed by atoms with van der Waals surface area (Å²) < 4.78 is 4.53. The molecule has 78 valence electrons. The molecular weight excluding hydrogens is 180 g/mol. The van der Waals surface area contributed by atoms with Crippen molar-refractivity contribution in [3.05, 3.63) is 11.4 Å². The van der Waals surface area contributed by atoms with Crippen molar-refractivity contribution in [3.63, 3.8) is 0 Å². The lowest BCUT2D eigenvalue weighted by molar-refractivity contribution is -0.139. The monoisotopic (exact) mass is 196 g/mol. The largest absolute Gasteiger partial charge is 0.468 e. The summed E-state index contributed by atoms with van der Waals surface area (Å²) in [6.07, 6.45) is 5.01. The molecular formula is C10H16N2O2. The first-order valence-electron chi connectivity index (χ1n) is 4.93. The number of esters is 1. The van der Waals surface area contributed by atoms with Gasteiger partial charge in [0.05, 0.1) is 7.11 Å². The first-order chi connectivity index (χ1) is 6.72. The van der Waals surface area contributed by atoms with Gasteiger partial charge in [-0.3, -0.25) is 9.64 Å². The summed E-state index contributed by atoms with van der Waals surface area (Å²) in [5, 5.41) is 3.01. The SMILES string of the molecule is [C-]#[N+]C1(NCC(=O)OC)CCCCC1. The van der Waals surface area contributed by atoms with Crippen molar-refractivity contribution in [2.24, 2.45) is 0 Å². The van der Waals surface area contributed by atoms with Gasteiger partial charge in [0.2, 0.25) is 0 Å². The summed E-state index contributed by atoms with van der Waals surface area (Å²) in [4.78, 5) is 14.5. The molecule has 0 aromatic carbocycles. The molecule has 0 heterocycles. The van der Waals surface area contributed by atoms with Crippen LogP contribution < -0.4 is 5.32 Å². The van der Waals surface area contributed by atoms with Crippen LogP contribution in [0.4, 0.5) is 0 Å². The minimum Gasteiger partial charge on any atom is -0.468 e. The van der Waals surface area contributed by atoms with E-state index in [9.17, 15) is 4.79 Å². The molecule has 0 spiro atoms. The Hall–Kier alpha value is -1.08. The molecule has 0 aliphatic heterocycles. The molecule has 1 aliphatic rings. The lowest BCUT2D eigenvalue weighted by Crippen LogP contribution is -2.46. The van der Waals surface area contributed by atoms with E-state index >= 15 is 0 Å². The number of ether oxygens (including phenoxy) is 1. The Morgan fingerprint density at radius 2 is 2.14 bits per heavy atom. The zero-order valence-corrected chi connectivity index (χ0v) is 8.51. The average molecular weight is 196 g/mol. The number of methoxy groups -OCH3 is 1. The molecule has 1 N–H and O–H groups in total. The number of rotatable bonds is 3. The third-order valence-corrected chi connectivity index (χ3v) is 2.68. The number of nitrogens with one attached hydrogen (secondary N) is 1. The highest BCUT2D eigenvalue weighted by atomic mass is 16.5. The van der Waals surface area contributed by atoms with Gasteiger partial charge in [0.1, 0.15) is 6.54 Å². The molecule has 4 heteroatoms. The molecule has 0 radical (unpaired) electrons. The van der Waals surface area contributed by atoms with E-state index in [0.717, 1.165) is 25.7 Å². The van der Waals surface area contributed by atoms with E-state index in [1.807, 2.05) is 0 Å². The fourth-order valence-electron chi connectivity index (χ4n) is 1.77. The molecule has 1 fully saturated rings. The summed E-state index contributed by atoms with van der Waals surface area (Å²) in [5.74, 6) is -0.307. The molecule has 1 aliphatic carbocycles. The summed E-state index contributed by atoms with van der Waals surface area (Å²) >= 11 is 0. The van der Waals surface area contributed by atoms with E-state index in [2.05, 4.69) is 14.9 Å². The highest BCUT2D eigenvalue weighted by Gasteiger charge is 2.37. The first-order valence-corrected chi connectivity index (χ1v) is 4.93. The van der Waals surface area contributed by atoms with Crippen LogP contribution in [0.1, 0.15) is 32.1 Å². The van der Waals surface area contributed by atoms with Gasteiger partial charge in [-0.25, -0.2) is 11.9 Å². The van der Waals surface area contributed by atoms with Gasteiger partial charge in [0.25, 0.3) is 5.66 Å². The van der Waals surface area contributed by atoms with Crippen LogP contribution in [0.25, 0.3) is 4.85 Å². The zero-order valence-electron chi connectivity index (χ0n) is 8.51. The predicted molar refractivity (Wildman–Crippen MR) is 52.4 cm³/mol. The van der Waals surface area contributed by atoms with Crippen molar-refractivity contribution in [2.75, 3.05) is 13.7 Å². The number of hydrogen-bond donors (Lipinski definition) is 1. The lowest BCUT2D eigenvalue weighted by atomic mass is 9.89. The number of nitrogens with zero attached hydrogens (tertiary/aromatic N) is 1. The van der Waals surface area contributed by atoms with E-state index in [1.165, 1.54) is 13.5 Å². The van der Waals surface area contributed by atoms with Crippen LogP contribution >= 0.6 is 0 Å². The molecule has 4 nitrogen and oxygen atoms in total. The molecule has 0 saturated heterocycles. The van der Waals surface area contributed by atoms with Crippen LogP contribution in [0.2, 0.25) is 0 Å². The predicted octanol–water partition coefficient (Wildman–Crippen LogP) is 1.33. The fourth-order valence-corrected chi connectivity index (χ4v) is 1.77. The molecule has 0 atom stereocenters. The highest BCUT2D eigenvalue weighted by Crippen LogP contribution is 2.29. The van der Waals surface area contributed by atoms with Gasteiger partial charge in [-0.2, -0.15) is 0 Å². The van der Waals surface area contributed by atoms with Crippen LogP contribution in [-0.4, -0.2) is 25.3 Å². The van der Waals surface area contributed by atoms with Crippen LogP contribution in [0, 0.1) is 6.57 Å². The summed E-state index contributed by atoms with van der Waals surface area (Å²) in [5.41, 5.74) is -0.507. The number of hydrogen-bond acceptors (Lipinski definition) is 3. The van der Waals surface area contributed by atoms with Crippen molar-refractivity contribution in [2.45, 2.75) is 37.8 Å². The Bertz CT molecular complexity index is 239. The van der Waals surface area contributed by atoms with Gasteiger partial charge in [0, 0.05) is 12.8 Å². The van der Waals surface area contributed by atoms with Crippen LogP contribution in [-0.2, 0) is 9.53 Å². The third kappa shape index (κ3) is 2.71. The van der Waals surface area contributed by atoms with E-state index in [0.29, 0.717) is 0 Å². The Labute approximate surface area is 84.4 Å². The summed E-state index contributed by atoms with van der Waals surface area (Å²) in [6.45, 7) is 7.29. The van der Waals surface area contributed by atoms with Crippen LogP contribution in [0.3, 0.4) is 0 Å². The maximum absolute atomic E-state index is 10.9. The quantitative estimate of drug-likeness (QED) is 0.547. The van der Waals surface area contributed by atoms with Crippen molar-refractivity contribution in [3.8, 4) is 0 Å². The normalized spacial score (nSPS) is 19.7. The molecule has 0 aromatic rings. The second-order valence-electron chi connectivity index (χ2n) is 3.63. The minimum atomic E-state index is -0.507. The molecule has 0 aromatic heterocycles. The Balaban J connectivity index is 2.45. The van der Waals surface area contributed by atoms with E-state index in [4.69, 9.17) is 6.57 Å². The van der Waals surface area contributed by atoms with Crippen molar-refractivity contribution < 1.29 is 9.53 Å². The Morgan fingerprint density at radius 1 is 1.50 bits per heavy atom. The standard InChI is InChI=1S/C10H16N2O2/c1-11-10(6-4-3-5-7-10)12-8-9(13)14-2/h12H,3-8H2,2H3. The Kier molecular flexibility index (Phi) is 3.90. The highest BCUT2D eigenvalue weighted by molar-refractivity contribution is 5.71. The smallest absolute Gasteiger partial charge is 0.319 e. The van der Waals surface area contributed by atoms with Gasteiger partial charge >= 0.3 is 5.97 Å². The molecule has 14 heavy (non-hydrogen) atoms. The van der Waals surface area contributed by atoms with E-state index in [-0.39, 0.29) is 12.5 Å². The second kappa shape index (κ2) is 4.97. The van der Waals surface area contributed by atoms with Crippen molar-refractivity contribution in [1.29, 1.82) is 0 Å². The average Bonchev–Trinajstić information content (AvgIpc) is 2.27. The summed E-state index contributed by atoms with van der Waals surface area (Å²) in [7, 11) is 1.36. The van der Waals surface area contributed by atoms with Crippen LogP contribution in [0.5, 0.6) is 0 Å². The molecule has 1 rings (SSSR count). The molecule has 0 unspecified atom stereocenters. The fraction of sp³-hybridized carbons (Fsp3) is 0.800. The first kappa shape index (κ1) is 11.0. The molecule has 0 amide bonds.